The van der Waals surface area contributed by atoms with Crippen molar-refractivity contribution in [2.24, 2.45) is 0 Å². The molecule has 6 heteroatoms. The van der Waals surface area contributed by atoms with Gasteiger partial charge in [0.1, 0.15) is 11.0 Å². The van der Waals surface area contributed by atoms with Crippen molar-refractivity contribution >= 4 is 21.8 Å². The molecule has 0 N–H and O–H groups in total. The number of rotatable bonds is 1. The van der Waals surface area contributed by atoms with Crippen LogP contribution in [0.2, 0.25) is 0 Å². The number of benzene rings is 2. The molecule has 0 saturated carbocycles. The summed E-state index contributed by atoms with van der Waals surface area (Å²) in [6.45, 7) is 1.80. The number of pyridine rings is 1. The van der Waals surface area contributed by atoms with E-state index < -0.39 is 11.7 Å². The van der Waals surface area contributed by atoms with Crippen molar-refractivity contribution in [3.05, 3.63) is 66.0 Å². The Morgan fingerprint density at radius 1 is 1.00 bits per heavy atom. The van der Waals surface area contributed by atoms with Gasteiger partial charge in [0.15, 0.2) is 0 Å². The Bertz CT molecular complexity index is 1060. The summed E-state index contributed by atoms with van der Waals surface area (Å²) in [6.07, 6.45) is -2.64. The molecule has 0 spiro atoms. The Morgan fingerprint density at radius 2 is 1.79 bits per heavy atom. The molecule has 24 heavy (non-hydrogen) atoms. The topological polar surface area (TPSA) is 30.7 Å². The summed E-state index contributed by atoms with van der Waals surface area (Å²) in [7, 11) is 0. The molecular weight excluding hydrogens is 315 g/mol. The number of aromatic nitrogens is 3. The first-order valence-corrected chi connectivity index (χ1v) is 7.36. The highest BCUT2D eigenvalue weighted by Crippen LogP contribution is 2.32. The SMILES string of the molecule is Cc1nn(-c2cccc(C(F)(F)F)c2)c2c1ncc1ccccc12. The Balaban J connectivity index is 2.06. The molecule has 120 valence electrons. The van der Waals surface area contributed by atoms with Crippen LogP contribution < -0.4 is 0 Å². The molecule has 0 aliphatic heterocycles. The second-order valence-electron chi connectivity index (χ2n) is 5.59. The molecule has 0 unspecified atom stereocenters. The van der Waals surface area contributed by atoms with Gasteiger partial charge in [0.25, 0.3) is 0 Å². The summed E-state index contributed by atoms with van der Waals surface area (Å²) >= 11 is 0. The lowest BCUT2D eigenvalue weighted by Gasteiger charge is -2.10. The van der Waals surface area contributed by atoms with Gasteiger partial charge in [-0.25, -0.2) is 4.68 Å². The Labute approximate surface area is 135 Å². The molecule has 0 fully saturated rings. The fourth-order valence-electron chi connectivity index (χ4n) is 2.88. The van der Waals surface area contributed by atoms with Gasteiger partial charge in [-0.15, -0.1) is 0 Å². The van der Waals surface area contributed by atoms with Crippen LogP contribution in [0.15, 0.2) is 54.7 Å². The highest BCUT2D eigenvalue weighted by atomic mass is 19.4. The van der Waals surface area contributed by atoms with Gasteiger partial charge in [0, 0.05) is 17.0 Å². The highest BCUT2D eigenvalue weighted by Gasteiger charge is 2.30. The fraction of sp³-hybridized carbons (Fsp3) is 0.111. The number of aryl methyl sites for hydroxylation is 1. The van der Waals surface area contributed by atoms with Crippen molar-refractivity contribution in [1.29, 1.82) is 0 Å². The van der Waals surface area contributed by atoms with Crippen LogP contribution in [0.5, 0.6) is 0 Å². The van der Waals surface area contributed by atoms with Crippen molar-refractivity contribution in [1.82, 2.24) is 14.8 Å². The first-order valence-electron chi connectivity index (χ1n) is 7.36. The van der Waals surface area contributed by atoms with E-state index in [1.54, 1.807) is 19.2 Å². The van der Waals surface area contributed by atoms with E-state index in [-0.39, 0.29) is 0 Å². The molecule has 0 radical (unpaired) electrons. The van der Waals surface area contributed by atoms with Gasteiger partial charge in [0.2, 0.25) is 0 Å². The molecule has 4 rings (SSSR count). The van der Waals surface area contributed by atoms with Crippen LogP contribution >= 0.6 is 0 Å². The van der Waals surface area contributed by atoms with E-state index in [0.717, 1.165) is 22.9 Å². The molecule has 2 aromatic heterocycles. The standard InChI is InChI=1S/C18H12F3N3/c1-11-16-17(15-8-3-2-5-12(15)10-22-16)24(23-11)14-7-4-6-13(9-14)18(19,20)21/h2-10H,1H3. The first kappa shape index (κ1) is 14.7. The zero-order valence-electron chi connectivity index (χ0n) is 12.7. The predicted molar refractivity (Wildman–Crippen MR) is 86.1 cm³/mol. The number of hydrogen-bond acceptors (Lipinski definition) is 2. The maximum atomic E-state index is 13.0. The molecule has 0 amide bonds. The minimum atomic E-state index is -4.39. The lowest BCUT2D eigenvalue weighted by molar-refractivity contribution is -0.137. The summed E-state index contributed by atoms with van der Waals surface area (Å²) < 4.78 is 40.6. The predicted octanol–water partition coefficient (Wildman–Crippen LogP) is 4.90. The Morgan fingerprint density at radius 3 is 2.58 bits per heavy atom. The second kappa shape index (κ2) is 5.06. The molecule has 0 bridgehead atoms. The molecule has 0 aliphatic rings. The lowest BCUT2D eigenvalue weighted by Crippen LogP contribution is -2.06. The molecule has 4 aromatic rings. The number of nitrogens with zero attached hydrogens (tertiary/aromatic N) is 3. The molecule has 2 aromatic carbocycles. The maximum absolute atomic E-state index is 13.0. The molecule has 0 aliphatic carbocycles. The number of halogens is 3. The number of hydrogen-bond donors (Lipinski definition) is 0. The van der Waals surface area contributed by atoms with Gasteiger partial charge >= 0.3 is 6.18 Å². The Hall–Kier alpha value is -2.89. The van der Waals surface area contributed by atoms with Crippen LogP contribution in [-0.2, 0) is 6.18 Å². The van der Waals surface area contributed by atoms with Crippen molar-refractivity contribution < 1.29 is 13.2 Å². The van der Waals surface area contributed by atoms with Gasteiger partial charge in [-0.2, -0.15) is 18.3 Å². The number of fused-ring (bicyclic) bond motifs is 3. The minimum absolute atomic E-state index is 0.362. The normalized spacial score (nSPS) is 12.2. The van der Waals surface area contributed by atoms with Gasteiger partial charge in [-0.1, -0.05) is 30.3 Å². The zero-order valence-corrected chi connectivity index (χ0v) is 12.7. The van der Waals surface area contributed by atoms with Gasteiger partial charge in [0.05, 0.1) is 16.9 Å². The fourth-order valence-corrected chi connectivity index (χ4v) is 2.88. The monoisotopic (exact) mass is 327 g/mol. The number of alkyl halides is 3. The van der Waals surface area contributed by atoms with E-state index in [4.69, 9.17) is 0 Å². The average Bonchev–Trinajstić information content (AvgIpc) is 2.92. The van der Waals surface area contributed by atoms with Crippen LogP contribution in [-0.4, -0.2) is 14.8 Å². The van der Waals surface area contributed by atoms with E-state index in [9.17, 15) is 13.2 Å². The summed E-state index contributed by atoms with van der Waals surface area (Å²) in [6, 6.07) is 12.8. The van der Waals surface area contributed by atoms with Gasteiger partial charge in [-0.3, -0.25) is 4.98 Å². The van der Waals surface area contributed by atoms with Crippen molar-refractivity contribution in [2.45, 2.75) is 13.1 Å². The average molecular weight is 327 g/mol. The van der Waals surface area contributed by atoms with E-state index >= 15 is 0 Å². The third-order valence-electron chi connectivity index (χ3n) is 4.00. The largest absolute Gasteiger partial charge is 0.416 e. The van der Waals surface area contributed by atoms with Crippen molar-refractivity contribution in [3.8, 4) is 5.69 Å². The molecule has 0 atom stereocenters. The summed E-state index contributed by atoms with van der Waals surface area (Å²) in [5, 5.41) is 6.24. The van der Waals surface area contributed by atoms with Crippen molar-refractivity contribution in [2.75, 3.05) is 0 Å². The van der Waals surface area contributed by atoms with E-state index in [0.29, 0.717) is 22.4 Å². The summed E-state index contributed by atoms with van der Waals surface area (Å²) in [4.78, 5) is 4.42. The molecular formula is C18H12F3N3. The second-order valence-corrected chi connectivity index (χ2v) is 5.59. The quantitative estimate of drug-likeness (QED) is 0.498. The van der Waals surface area contributed by atoms with Crippen LogP contribution in [0, 0.1) is 6.92 Å². The van der Waals surface area contributed by atoms with E-state index in [1.165, 1.54) is 10.7 Å². The van der Waals surface area contributed by atoms with Crippen molar-refractivity contribution in [3.63, 3.8) is 0 Å². The van der Waals surface area contributed by atoms with Crippen LogP contribution in [0.25, 0.3) is 27.5 Å². The maximum Gasteiger partial charge on any atom is 0.416 e. The third-order valence-corrected chi connectivity index (χ3v) is 4.00. The smallest absolute Gasteiger partial charge is 0.252 e. The first-order chi connectivity index (χ1) is 11.4. The summed E-state index contributed by atoms with van der Waals surface area (Å²) in [5.41, 5.74) is 1.74. The Kier molecular flexibility index (Phi) is 3.09. The van der Waals surface area contributed by atoms with E-state index in [1.807, 2.05) is 24.3 Å². The lowest BCUT2D eigenvalue weighted by atomic mass is 10.1. The summed E-state index contributed by atoms with van der Waals surface area (Å²) in [5.74, 6) is 0. The van der Waals surface area contributed by atoms with Gasteiger partial charge in [-0.05, 0) is 25.1 Å². The van der Waals surface area contributed by atoms with Crippen LogP contribution in [0.3, 0.4) is 0 Å². The van der Waals surface area contributed by atoms with E-state index in [2.05, 4.69) is 10.1 Å². The van der Waals surface area contributed by atoms with Gasteiger partial charge < -0.3 is 0 Å². The zero-order chi connectivity index (χ0) is 16.9. The molecule has 2 heterocycles. The molecule has 3 nitrogen and oxygen atoms in total. The van der Waals surface area contributed by atoms with Crippen LogP contribution in [0.1, 0.15) is 11.3 Å². The third kappa shape index (κ3) is 2.22. The highest BCUT2D eigenvalue weighted by molar-refractivity contribution is 6.04. The minimum Gasteiger partial charge on any atom is -0.252 e. The molecule has 0 saturated heterocycles. The van der Waals surface area contributed by atoms with Crippen LogP contribution in [0.4, 0.5) is 13.2 Å².